The molecule has 0 bridgehead atoms. The molecule has 1 aromatic carbocycles. The normalized spacial score (nSPS) is 20.3. The van der Waals surface area contributed by atoms with Crippen LogP contribution in [-0.2, 0) is 24.3 Å². The zero-order valence-corrected chi connectivity index (χ0v) is 17.7. The van der Waals surface area contributed by atoms with Crippen LogP contribution in [0, 0.1) is 11.6 Å². The van der Waals surface area contributed by atoms with Gasteiger partial charge < -0.3 is 14.8 Å². The zero-order valence-electron chi connectivity index (χ0n) is 17.7. The van der Waals surface area contributed by atoms with Crippen molar-refractivity contribution in [2.24, 2.45) is 0 Å². The van der Waals surface area contributed by atoms with Crippen molar-refractivity contribution in [1.29, 1.82) is 0 Å². The summed E-state index contributed by atoms with van der Waals surface area (Å²) >= 11 is 0. The maximum atomic E-state index is 13.9. The lowest BCUT2D eigenvalue weighted by Gasteiger charge is -2.25. The third kappa shape index (κ3) is 6.72. The van der Waals surface area contributed by atoms with Gasteiger partial charge in [0.15, 0.2) is 0 Å². The van der Waals surface area contributed by atoms with Gasteiger partial charge in [0.2, 0.25) is 0 Å². The van der Waals surface area contributed by atoms with Crippen LogP contribution < -0.4 is 5.32 Å². The number of rotatable bonds is 4. The first-order valence-electron chi connectivity index (χ1n) is 10.3. The van der Waals surface area contributed by atoms with E-state index >= 15 is 0 Å². The van der Waals surface area contributed by atoms with Gasteiger partial charge in [0, 0.05) is 43.7 Å². The molecule has 0 unspecified atom stereocenters. The molecule has 0 radical (unpaired) electrons. The number of halogens is 6. The van der Waals surface area contributed by atoms with E-state index in [1.54, 1.807) is 0 Å². The van der Waals surface area contributed by atoms with E-state index in [4.69, 9.17) is 14.3 Å². The van der Waals surface area contributed by atoms with Crippen molar-refractivity contribution in [2.45, 2.75) is 57.2 Å². The minimum atomic E-state index is -5.08. The Bertz CT molecular complexity index is 1040. The van der Waals surface area contributed by atoms with E-state index in [0.29, 0.717) is 62.3 Å². The second-order valence-corrected chi connectivity index (χ2v) is 7.97. The third-order valence-corrected chi connectivity index (χ3v) is 5.36. The summed E-state index contributed by atoms with van der Waals surface area (Å²) in [5, 5.41) is 9.89. The van der Waals surface area contributed by atoms with E-state index in [1.807, 2.05) is 4.90 Å². The Labute approximate surface area is 189 Å². The van der Waals surface area contributed by atoms with Gasteiger partial charge in [-0.25, -0.2) is 22.9 Å². The summed E-state index contributed by atoms with van der Waals surface area (Å²) in [7, 11) is 0. The van der Waals surface area contributed by atoms with Crippen LogP contribution in [0.25, 0.3) is 0 Å². The molecule has 1 aliphatic heterocycles. The molecular formula is C21H21F6N3O4. The number of aromatic nitrogens is 1. The predicted molar refractivity (Wildman–Crippen MR) is 104 cm³/mol. The van der Waals surface area contributed by atoms with Gasteiger partial charge in [0.1, 0.15) is 23.6 Å². The van der Waals surface area contributed by atoms with Gasteiger partial charge in [-0.05, 0) is 25.3 Å². The van der Waals surface area contributed by atoms with Crippen LogP contribution in [-0.4, -0.2) is 51.8 Å². The molecular weight excluding hydrogens is 472 g/mol. The number of carboxylic acids is 1. The highest BCUT2D eigenvalue weighted by Crippen LogP contribution is 2.24. The maximum Gasteiger partial charge on any atom is 0.490 e. The molecule has 186 valence electrons. The molecule has 0 spiro atoms. The van der Waals surface area contributed by atoms with Gasteiger partial charge in [-0.1, -0.05) is 6.07 Å². The smallest absolute Gasteiger partial charge is 0.475 e. The SMILES string of the molecule is O=C(N[C@@H]1CC[C@@H](F)C1)c1nc2c(o1)CCN(Cc1ccc(F)cc1F)C2.O=C(O)C(F)(F)F. The number of aliphatic carboxylic acids is 1. The number of oxazole rings is 1. The molecule has 2 heterocycles. The number of carbonyl (C=O) groups excluding carboxylic acids is 1. The number of hydrogen-bond acceptors (Lipinski definition) is 5. The molecule has 34 heavy (non-hydrogen) atoms. The molecule has 4 rings (SSSR count). The topological polar surface area (TPSA) is 95.7 Å². The molecule has 1 aliphatic carbocycles. The lowest BCUT2D eigenvalue weighted by molar-refractivity contribution is -0.192. The first kappa shape index (κ1) is 25.5. The Hall–Kier alpha value is -3.09. The van der Waals surface area contributed by atoms with Crippen molar-refractivity contribution in [3.63, 3.8) is 0 Å². The Morgan fingerprint density at radius 2 is 1.94 bits per heavy atom. The average Bonchev–Trinajstić information content (AvgIpc) is 3.35. The van der Waals surface area contributed by atoms with Crippen LogP contribution in [0.3, 0.4) is 0 Å². The number of alkyl halides is 4. The highest BCUT2D eigenvalue weighted by molar-refractivity contribution is 5.90. The van der Waals surface area contributed by atoms with Crippen LogP contribution in [0.4, 0.5) is 26.3 Å². The zero-order chi connectivity index (χ0) is 25.0. The Kier molecular flexibility index (Phi) is 7.85. The van der Waals surface area contributed by atoms with E-state index < -0.39 is 35.9 Å². The molecule has 1 saturated carbocycles. The Morgan fingerprint density at radius 3 is 2.53 bits per heavy atom. The highest BCUT2D eigenvalue weighted by Gasteiger charge is 2.38. The minimum Gasteiger partial charge on any atom is -0.475 e. The summed E-state index contributed by atoms with van der Waals surface area (Å²) in [6, 6.07) is 3.35. The Balaban J connectivity index is 0.000000406. The van der Waals surface area contributed by atoms with E-state index in [-0.39, 0.29) is 11.9 Å². The second kappa shape index (κ2) is 10.5. The van der Waals surface area contributed by atoms with Crippen molar-refractivity contribution in [1.82, 2.24) is 15.2 Å². The second-order valence-electron chi connectivity index (χ2n) is 7.97. The molecule has 1 aromatic heterocycles. The Morgan fingerprint density at radius 1 is 1.24 bits per heavy atom. The lowest BCUT2D eigenvalue weighted by Crippen LogP contribution is -2.33. The number of fused-ring (bicyclic) bond motifs is 1. The average molecular weight is 493 g/mol. The van der Waals surface area contributed by atoms with Crippen molar-refractivity contribution in [2.75, 3.05) is 6.54 Å². The number of benzene rings is 1. The van der Waals surface area contributed by atoms with Gasteiger partial charge in [-0.2, -0.15) is 13.2 Å². The molecule has 1 fully saturated rings. The van der Waals surface area contributed by atoms with Crippen molar-refractivity contribution in [3.05, 3.63) is 52.7 Å². The van der Waals surface area contributed by atoms with Crippen LogP contribution >= 0.6 is 0 Å². The quantitative estimate of drug-likeness (QED) is 0.630. The standard InChI is InChI=1S/C19H20F3N3O2.C2HF3O2/c20-12-3-4-14(7-12)23-18(26)19-24-16-10-25(6-5-17(16)27-19)9-11-1-2-13(21)8-15(11)22;3-2(4,5)1(6)7/h1-2,8,12,14H,3-7,9-10H2,(H,23,26);(H,6,7)/t12-,14-;/m1./s1. The number of carboxylic acid groups (broad SMARTS) is 1. The summed E-state index contributed by atoms with van der Waals surface area (Å²) in [6.07, 6.45) is -4.00. The van der Waals surface area contributed by atoms with E-state index in [2.05, 4.69) is 10.3 Å². The fourth-order valence-electron chi connectivity index (χ4n) is 3.68. The largest absolute Gasteiger partial charge is 0.490 e. The molecule has 2 N–H and O–H groups in total. The summed E-state index contributed by atoms with van der Waals surface area (Å²) in [5.74, 6) is -3.75. The van der Waals surface area contributed by atoms with Crippen LogP contribution in [0.5, 0.6) is 0 Å². The van der Waals surface area contributed by atoms with Crippen LogP contribution in [0.15, 0.2) is 22.6 Å². The number of amides is 1. The van der Waals surface area contributed by atoms with Gasteiger partial charge in [-0.3, -0.25) is 9.69 Å². The van der Waals surface area contributed by atoms with Crippen molar-refractivity contribution in [3.8, 4) is 0 Å². The fourth-order valence-corrected chi connectivity index (χ4v) is 3.68. The van der Waals surface area contributed by atoms with Crippen LogP contribution in [0.2, 0.25) is 0 Å². The number of nitrogens with one attached hydrogen (secondary N) is 1. The number of nitrogens with zero attached hydrogens (tertiary/aromatic N) is 2. The fraction of sp³-hybridized carbons (Fsp3) is 0.476. The van der Waals surface area contributed by atoms with Crippen molar-refractivity contribution < 1.29 is 45.5 Å². The summed E-state index contributed by atoms with van der Waals surface area (Å²) in [5.41, 5.74) is 1.05. The third-order valence-electron chi connectivity index (χ3n) is 5.36. The highest BCUT2D eigenvalue weighted by atomic mass is 19.4. The minimum absolute atomic E-state index is 0.0166. The first-order chi connectivity index (χ1) is 15.9. The molecule has 2 aliphatic rings. The van der Waals surface area contributed by atoms with E-state index in [0.717, 1.165) is 6.07 Å². The lowest BCUT2D eigenvalue weighted by atomic mass is 10.1. The van der Waals surface area contributed by atoms with Gasteiger partial charge >= 0.3 is 18.1 Å². The molecule has 2 atom stereocenters. The van der Waals surface area contributed by atoms with Crippen molar-refractivity contribution >= 4 is 11.9 Å². The monoisotopic (exact) mass is 493 g/mol. The van der Waals surface area contributed by atoms with E-state index in [9.17, 15) is 31.1 Å². The van der Waals surface area contributed by atoms with Gasteiger partial charge in [0.25, 0.3) is 5.89 Å². The van der Waals surface area contributed by atoms with E-state index in [1.165, 1.54) is 12.1 Å². The molecule has 13 heteroatoms. The summed E-state index contributed by atoms with van der Waals surface area (Å²) < 4.78 is 77.4. The van der Waals surface area contributed by atoms with Crippen LogP contribution in [0.1, 0.15) is 47.0 Å². The maximum absolute atomic E-state index is 13.9. The summed E-state index contributed by atoms with van der Waals surface area (Å²) in [4.78, 5) is 27.4. The van der Waals surface area contributed by atoms with Gasteiger partial charge in [0.05, 0.1) is 5.69 Å². The molecule has 1 amide bonds. The number of hydrogen-bond donors (Lipinski definition) is 2. The first-order valence-corrected chi connectivity index (χ1v) is 10.3. The predicted octanol–water partition coefficient (Wildman–Crippen LogP) is 3.76. The molecule has 2 aromatic rings. The number of carbonyl (C=O) groups is 2. The molecule has 0 saturated heterocycles. The van der Waals surface area contributed by atoms with Gasteiger partial charge in [-0.15, -0.1) is 0 Å². The summed E-state index contributed by atoms with van der Waals surface area (Å²) in [6.45, 7) is 1.35. The molecule has 7 nitrogen and oxygen atoms in total.